The van der Waals surface area contributed by atoms with Crippen LogP contribution in [0.4, 0.5) is 10.1 Å². The number of hydrogen-bond acceptors (Lipinski definition) is 3. The first-order valence-electron chi connectivity index (χ1n) is 6.07. The number of halogens is 1. The average molecular weight is 249 g/mol. The number of anilines is 1. The van der Waals surface area contributed by atoms with Crippen LogP contribution in [-0.4, -0.2) is 20.1 Å². The second-order valence-corrected chi connectivity index (χ2v) is 4.54. The molecule has 0 amide bonds. The highest BCUT2D eigenvalue weighted by molar-refractivity contribution is 5.55. The monoisotopic (exact) mass is 249 g/mol. The first-order valence-corrected chi connectivity index (χ1v) is 6.07. The van der Waals surface area contributed by atoms with Gasteiger partial charge in [0.1, 0.15) is 5.82 Å². The average Bonchev–Trinajstić information content (AvgIpc) is 2.37. The second kappa shape index (κ2) is 6.36. The quantitative estimate of drug-likeness (QED) is 0.872. The molecule has 2 unspecified atom stereocenters. The van der Waals surface area contributed by atoms with Crippen molar-refractivity contribution in [3.05, 3.63) is 29.6 Å². The Kier molecular flexibility index (Phi) is 5.11. The Bertz CT molecular complexity index is 439. The van der Waals surface area contributed by atoms with Crippen molar-refractivity contribution in [3.8, 4) is 6.07 Å². The molecule has 0 radical (unpaired) electrons. The van der Waals surface area contributed by atoms with E-state index in [2.05, 4.69) is 11.4 Å². The Morgan fingerprint density at radius 1 is 1.44 bits per heavy atom. The van der Waals surface area contributed by atoms with E-state index in [1.54, 1.807) is 12.1 Å². The third-order valence-electron chi connectivity index (χ3n) is 3.32. The maximum atomic E-state index is 13.4. The zero-order valence-electron chi connectivity index (χ0n) is 11.4. The van der Waals surface area contributed by atoms with Gasteiger partial charge in [0.05, 0.1) is 12.5 Å². The molecule has 0 aliphatic carbocycles. The summed E-state index contributed by atoms with van der Waals surface area (Å²) in [6, 6.07) is 7.10. The Morgan fingerprint density at radius 2 is 2.11 bits per heavy atom. The fourth-order valence-corrected chi connectivity index (χ4v) is 1.86. The van der Waals surface area contributed by atoms with Crippen LogP contribution in [0.2, 0.25) is 0 Å². The van der Waals surface area contributed by atoms with E-state index in [9.17, 15) is 4.39 Å². The Hall–Kier alpha value is -1.60. The highest BCUT2D eigenvalue weighted by Gasteiger charge is 2.17. The molecular formula is C14H20FN3. The summed E-state index contributed by atoms with van der Waals surface area (Å²) in [6.07, 6.45) is 0.446. The Balaban J connectivity index is 3.11. The van der Waals surface area contributed by atoms with Gasteiger partial charge in [-0.1, -0.05) is 0 Å². The van der Waals surface area contributed by atoms with Crippen LogP contribution in [0.1, 0.15) is 31.9 Å². The van der Waals surface area contributed by atoms with E-state index in [0.29, 0.717) is 6.42 Å². The van der Waals surface area contributed by atoms with Crippen molar-refractivity contribution in [3.63, 3.8) is 0 Å². The van der Waals surface area contributed by atoms with Gasteiger partial charge in [-0.3, -0.25) is 0 Å². The molecule has 18 heavy (non-hydrogen) atoms. The molecule has 0 saturated heterocycles. The third kappa shape index (κ3) is 3.21. The van der Waals surface area contributed by atoms with E-state index in [0.717, 1.165) is 11.3 Å². The number of nitrogens with one attached hydrogen (secondary N) is 1. The molecule has 3 nitrogen and oxygen atoms in total. The molecule has 0 heterocycles. The van der Waals surface area contributed by atoms with Crippen LogP contribution in [0.3, 0.4) is 0 Å². The van der Waals surface area contributed by atoms with Gasteiger partial charge < -0.3 is 10.2 Å². The van der Waals surface area contributed by atoms with Crippen molar-refractivity contribution >= 4 is 5.69 Å². The Morgan fingerprint density at radius 3 is 2.67 bits per heavy atom. The van der Waals surface area contributed by atoms with Crippen LogP contribution in [-0.2, 0) is 0 Å². The minimum Gasteiger partial charge on any atom is -0.371 e. The van der Waals surface area contributed by atoms with Crippen molar-refractivity contribution in [2.45, 2.75) is 32.4 Å². The fraction of sp³-hybridized carbons (Fsp3) is 0.500. The maximum absolute atomic E-state index is 13.4. The van der Waals surface area contributed by atoms with E-state index in [-0.39, 0.29) is 17.9 Å². The summed E-state index contributed by atoms with van der Waals surface area (Å²) in [6.45, 7) is 3.97. The highest BCUT2D eigenvalue weighted by Crippen LogP contribution is 2.28. The molecule has 1 aromatic carbocycles. The third-order valence-corrected chi connectivity index (χ3v) is 3.32. The molecule has 0 aliphatic rings. The molecule has 4 heteroatoms. The summed E-state index contributed by atoms with van der Waals surface area (Å²) in [5, 5.41) is 11.9. The molecule has 0 aliphatic heterocycles. The molecule has 0 spiro atoms. The summed E-state index contributed by atoms with van der Waals surface area (Å²) in [5.41, 5.74) is 1.87. The van der Waals surface area contributed by atoms with Crippen molar-refractivity contribution < 1.29 is 4.39 Å². The lowest BCUT2D eigenvalue weighted by Gasteiger charge is -2.29. The van der Waals surface area contributed by atoms with Crippen molar-refractivity contribution in [1.29, 1.82) is 5.26 Å². The summed E-state index contributed by atoms with van der Waals surface area (Å²) >= 11 is 0. The Labute approximate surface area is 108 Å². The standard InChI is InChI=1S/C14H20FN3/c1-10(7-8-16)18(4)14-6-5-12(15)9-13(14)11(2)17-3/h5-6,9-11,17H,7H2,1-4H3. The predicted molar refractivity (Wildman–Crippen MR) is 72.0 cm³/mol. The lowest BCUT2D eigenvalue weighted by Crippen LogP contribution is -2.30. The molecule has 98 valence electrons. The minimum absolute atomic E-state index is 0.0624. The van der Waals surface area contributed by atoms with E-state index in [1.165, 1.54) is 6.07 Å². The van der Waals surface area contributed by atoms with Crippen LogP contribution in [0.15, 0.2) is 18.2 Å². The zero-order chi connectivity index (χ0) is 13.7. The summed E-state index contributed by atoms with van der Waals surface area (Å²) < 4.78 is 13.4. The molecule has 2 atom stereocenters. The van der Waals surface area contributed by atoms with E-state index >= 15 is 0 Å². The van der Waals surface area contributed by atoms with Gasteiger partial charge in [-0.2, -0.15) is 5.26 Å². The van der Waals surface area contributed by atoms with Gasteiger partial charge in [0.2, 0.25) is 0 Å². The van der Waals surface area contributed by atoms with Crippen LogP contribution in [0, 0.1) is 17.1 Å². The molecule has 0 aromatic heterocycles. The second-order valence-electron chi connectivity index (χ2n) is 4.54. The van der Waals surface area contributed by atoms with Gasteiger partial charge in [0, 0.05) is 24.8 Å². The van der Waals surface area contributed by atoms with Crippen LogP contribution < -0.4 is 10.2 Å². The SMILES string of the molecule is CNC(C)c1cc(F)ccc1N(C)C(C)CC#N. The topological polar surface area (TPSA) is 39.1 Å². The minimum atomic E-state index is -0.239. The largest absolute Gasteiger partial charge is 0.371 e. The van der Waals surface area contributed by atoms with Crippen molar-refractivity contribution in [2.24, 2.45) is 0 Å². The predicted octanol–water partition coefficient (Wildman–Crippen LogP) is 2.84. The van der Waals surface area contributed by atoms with Gasteiger partial charge in [-0.05, 0) is 44.7 Å². The summed E-state index contributed by atoms with van der Waals surface area (Å²) in [7, 11) is 3.78. The first kappa shape index (κ1) is 14.5. The van der Waals surface area contributed by atoms with Gasteiger partial charge in [0.25, 0.3) is 0 Å². The smallest absolute Gasteiger partial charge is 0.123 e. The van der Waals surface area contributed by atoms with Gasteiger partial charge >= 0.3 is 0 Å². The maximum Gasteiger partial charge on any atom is 0.123 e. The molecule has 1 rings (SSSR count). The summed E-state index contributed by atoms with van der Waals surface area (Å²) in [4.78, 5) is 2.02. The van der Waals surface area contributed by atoms with Crippen LogP contribution in [0.25, 0.3) is 0 Å². The van der Waals surface area contributed by atoms with Crippen LogP contribution in [0.5, 0.6) is 0 Å². The molecule has 1 aromatic rings. The molecule has 0 fully saturated rings. The van der Waals surface area contributed by atoms with Crippen LogP contribution >= 0.6 is 0 Å². The van der Waals surface area contributed by atoms with E-state index < -0.39 is 0 Å². The van der Waals surface area contributed by atoms with E-state index in [1.807, 2.05) is 32.8 Å². The number of benzene rings is 1. The lowest BCUT2D eigenvalue weighted by molar-refractivity contribution is 0.603. The first-order chi connectivity index (χ1) is 8.51. The number of nitriles is 1. The number of nitrogens with zero attached hydrogens (tertiary/aromatic N) is 2. The van der Waals surface area contributed by atoms with Gasteiger partial charge in [-0.25, -0.2) is 4.39 Å². The fourth-order valence-electron chi connectivity index (χ4n) is 1.86. The van der Waals surface area contributed by atoms with Gasteiger partial charge in [0.15, 0.2) is 0 Å². The number of hydrogen-bond donors (Lipinski definition) is 1. The molecule has 0 bridgehead atoms. The van der Waals surface area contributed by atoms with Gasteiger partial charge in [-0.15, -0.1) is 0 Å². The highest BCUT2D eigenvalue weighted by atomic mass is 19.1. The zero-order valence-corrected chi connectivity index (χ0v) is 11.4. The normalized spacial score (nSPS) is 13.8. The molecule has 0 saturated carbocycles. The lowest BCUT2D eigenvalue weighted by atomic mass is 10.0. The molecule has 1 N–H and O–H groups in total. The summed E-state index contributed by atoms with van der Waals surface area (Å²) in [5.74, 6) is -0.239. The van der Waals surface area contributed by atoms with E-state index in [4.69, 9.17) is 5.26 Å². The molecular weight excluding hydrogens is 229 g/mol. The number of rotatable bonds is 5. The van der Waals surface area contributed by atoms with Crippen molar-refractivity contribution in [2.75, 3.05) is 19.0 Å². The van der Waals surface area contributed by atoms with Crippen molar-refractivity contribution in [1.82, 2.24) is 5.32 Å².